The van der Waals surface area contributed by atoms with Crippen molar-refractivity contribution in [3.63, 3.8) is 0 Å². The lowest BCUT2D eigenvalue weighted by Gasteiger charge is -2.19. The minimum Gasteiger partial charge on any atom is -0.482 e. The van der Waals surface area contributed by atoms with Crippen molar-refractivity contribution >= 4 is 22.8 Å². The van der Waals surface area contributed by atoms with Crippen LogP contribution in [0.5, 0.6) is 11.5 Å². The van der Waals surface area contributed by atoms with E-state index < -0.39 is 17.5 Å². The number of esters is 1. The zero-order valence-electron chi connectivity index (χ0n) is 21.2. The fourth-order valence-electron chi connectivity index (χ4n) is 3.77. The van der Waals surface area contributed by atoms with E-state index >= 15 is 0 Å². The monoisotopic (exact) mass is 499 g/mol. The van der Waals surface area contributed by atoms with E-state index in [1.165, 1.54) is 12.1 Å². The second-order valence-corrected chi connectivity index (χ2v) is 9.79. The highest BCUT2D eigenvalue weighted by Crippen LogP contribution is 2.25. The Morgan fingerprint density at radius 3 is 2.27 bits per heavy atom. The normalized spacial score (nSPS) is 12.1. The molecule has 1 atom stereocenters. The molecule has 0 saturated carbocycles. The van der Waals surface area contributed by atoms with Gasteiger partial charge >= 0.3 is 11.6 Å². The zero-order valence-corrected chi connectivity index (χ0v) is 21.2. The highest BCUT2D eigenvalue weighted by atomic mass is 16.6. The molecule has 1 amide bonds. The summed E-state index contributed by atoms with van der Waals surface area (Å²) in [5, 5.41) is 3.33. The maximum Gasteiger partial charge on any atom is 0.349 e. The van der Waals surface area contributed by atoms with Gasteiger partial charge in [-0.2, -0.15) is 0 Å². The van der Waals surface area contributed by atoms with Gasteiger partial charge in [-0.05, 0) is 53.8 Å². The Hall–Kier alpha value is -4.39. The number of benzene rings is 3. The first-order chi connectivity index (χ1) is 17.6. The van der Waals surface area contributed by atoms with Crippen molar-refractivity contribution in [1.29, 1.82) is 0 Å². The number of ether oxygens (including phenoxy) is 2. The number of hydrogen-bond acceptors (Lipinski definition) is 6. The van der Waals surface area contributed by atoms with Crippen molar-refractivity contribution in [1.82, 2.24) is 5.32 Å². The van der Waals surface area contributed by atoms with Crippen LogP contribution in [-0.4, -0.2) is 18.5 Å². The van der Waals surface area contributed by atoms with E-state index in [0.717, 1.165) is 11.1 Å². The molecule has 0 aliphatic carbocycles. The molecule has 37 heavy (non-hydrogen) atoms. The van der Waals surface area contributed by atoms with E-state index in [1.54, 1.807) is 12.1 Å². The first-order valence-corrected chi connectivity index (χ1v) is 12.0. The van der Waals surface area contributed by atoms with Gasteiger partial charge in [-0.1, -0.05) is 63.2 Å². The van der Waals surface area contributed by atoms with Crippen LogP contribution in [0.3, 0.4) is 0 Å². The van der Waals surface area contributed by atoms with E-state index in [9.17, 15) is 14.4 Å². The van der Waals surface area contributed by atoms with Crippen LogP contribution in [0.1, 0.15) is 55.2 Å². The van der Waals surface area contributed by atoms with Gasteiger partial charge in [0.05, 0.1) is 6.04 Å². The molecule has 0 saturated heterocycles. The maximum absolute atomic E-state index is 12.7. The zero-order chi connectivity index (χ0) is 26.6. The van der Waals surface area contributed by atoms with E-state index in [-0.39, 0.29) is 35.0 Å². The molecular formula is C30H29NO6. The van der Waals surface area contributed by atoms with Crippen molar-refractivity contribution in [2.75, 3.05) is 6.61 Å². The number of hydrogen-bond donors (Lipinski definition) is 1. The van der Waals surface area contributed by atoms with Crippen molar-refractivity contribution in [3.8, 4) is 11.5 Å². The smallest absolute Gasteiger partial charge is 0.349 e. The highest BCUT2D eigenvalue weighted by molar-refractivity contribution is 5.97. The second-order valence-electron chi connectivity index (χ2n) is 9.79. The van der Waals surface area contributed by atoms with Crippen LogP contribution in [-0.2, 0) is 10.2 Å². The third kappa shape index (κ3) is 6.44. The molecule has 0 fully saturated rings. The van der Waals surface area contributed by atoms with Crippen molar-refractivity contribution in [3.05, 3.63) is 106 Å². The van der Waals surface area contributed by atoms with E-state index in [2.05, 4.69) is 26.1 Å². The number of fused-ring (bicyclic) bond motifs is 1. The van der Waals surface area contributed by atoms with E-state index in [1.807, 2.05) is 61.5 Å². The summed E-state index contributed by atoms with van der Waals surface area (Å²) in [5.41, 5.74) is 1.40. The van der Waals surface area contributed by atoms with Crippen LogP contribution in [0.15, 0.2) is 88.1 Å². The van der Waals surface area contributed by atoms with E-state index in [4.69, 9.17) is 13.9 Å². The molecule has 3 aromatic carbocycles. The van der Waals surface area contributed by atoms with Gasteiger partial charge in [0, 0.05) is 11.5 Å². The van der Waals surface area contributed by atoms with Gasteiger partial charge in [-0.25, -0.2) is 9.59 Å². The molecule has 1 unspecified atom stereocenters. The Kier molecular flexibility index (Phi) is 7.43. The van der Waals surface area contributed by atoms with Gasteiger partial charge in [0.2, 0.25) is 0 Å². The summed E-state index contributed by atoms with van der Waals surface area (Å²) in [7, 11) is 0. The number of rotatable bonds is 7. The molecule has 7 nitrogen and oxygen atoms in total. The molecular weight excluding hydrogens is 470 g/mol. The molecule has 0 aliphatic rings. The summed E-state index contributed by atoms with van der Waals surface area (Å²) in [6.45, 7) is 7.91. The predicted octanol–water partition coefficient (Wildman–Crippen LogP) is 5.57. The Morgan fingerprint density at radius 2 is 1.59 bits per heavy atom. The largest absolute Gasteiger partial charge is 0.482 e. The average Bonchev–Trinajstić information content (AvgIpc) is 2.87. The molecule has 1 aromatic heterocycles. The quantitative estimate of drug-likeness (QED) is 0.203. The standard InChI is InChI=1S/C30H29NO6/c1-19(20-8-6-5-7-9-20)31-28(33)25-16-21-10-13-24(17-26(21)37-29(25)34)36-27(32)18-35-23-14-11-22(12-15-23)30(2,3)4/h5-17,19H,18H2,1-4H3,(H,31,33). The summed E-state index contributed by atoms with van der Waals surface area (Å²) in [5.74, 6) is -0.383. The Morgan fingerprint density at radius 1 is 0.919 bits per heavy atom. The average molecular weight is 500 g/mol. The van der Waals surface area contributed by atoms with Crippen molar-refractivity contribution in [2.45, 2.75) is 39.2 Å². The SMILES string of the molecule is CC(NC(=O)c1cc2ccc(OC(=O)COc3ccc(C(C)(C)C)cc3)cc2oc1=O)c1ccccc1. The van der Waals surface area contributed by atoms with Crippen LogP contribution >= 0.6 is 0 Å². The molecule has 4 rings (SSSR count). The summed E-state index contributed by atoms with van der Waals surface area (Å²) in [6.07, 6.45) is 0. The Balaban J connectivity index is 1.40. The molecule has 1 heterocycles. The fraction of sp³-hybridized carbons (Fsp3) is 0.233. The lowest BCUT2D eigenvalue weighted by molar-refractivity contribution is -0.136. The van der Waals surface area contributed by atoms with Crippen LogP contribution < -0.4 is 20.4 Å². The van der Waals surface area contributed by atoms with Crippen LogP contribution in [0.25, 0.3) is 11.0 Å². The topological polar surface area (TPSA) is 94.8 Å². The number of carbonyl (C=O) groups excluding carboxylic acids is 2. The maximum atomic E-state index is 12.7. The third-order valence-electron chi connectivity index (χ3n) is 5.91. The lowest BCUT2D eigenvalue weighted by Crippen LogP contribution is -2.30. The molecule has 0 bridgehead atoms. The Bertz CT molecular complexity index is 1470. The summed E-state index contributed by atoms with van der Waals surface area (Å²) in [6, 6.07) is 22.8. The van der Waals surface area contributed by atoms with Gasteiger partial charge in [0.1, 0.15) is 22.6 Å². The Labute approximate surface area is 215 Å². The van der Waals surface area contributed by atoms with Gasteiger partial charge in [-0.15, -0.1) is 0 Å². The van der Waals surface area contributed by atoms with Crippen molar-refractivity contribution in [2.24, 2.45) is 0 Å². The number of carbonyl (C=O) groups is 2. The first kappa shape index (κ1) is 25.7. The minimum absolute atomic E-state index is 0.0215. The predicted molar refractivity (Wildman–Crippen MR) is 141 cm³/mol. The number of nitrogens with one attached hydrogen (secondary N) is 1. The minimum atomic E-state index is -0.782. The first-order valence-electron chi connectivity index (χ1n) is 12.0. The molecule has 4 aromatic rings. The second kappa shape index (κ2) is 10.7. The molecule has 0 spiro atoms. The summed E-state index contributed by atoms with van der Waals surface area (Å²) >= 11 is 0. The van der Waals surface area contributed by atoms with Gasteiger partial charge in [0.15, 0.2) is 6.61 Å². The van der Waals surface area contributed by atoms with Crippen LogP contribution in [0, 0.1) is 0 Å². The van der Waals surface area contributed by atoms with Crippen LogP contribution in [0.4, 0.5) is 0 Å². The summed E-state index contributed by atoms with van der Waals surface area (Å²) in [4.78, 5) is 37.5. The fourth-order valence-corrected chi connectivity index (χ4v) is 3.77. The van der Waals surface area contributed by atoms with Gasteiger partial charge < -0.3 is 19.2 Å². The van der Waals surface area contributed by atoms with Crippen molar-refractivity contribution < 1.29 is 23.5 Å². The summed E-state index contributed by atoms with van der Waals surface area (Å²) < 4.78 is 16.2. The van der Waals surface area contributed by atoms with E-state index in [0.29, 0.717) is 11.1 Å². The number of amides is 1. The van der Waals surface area contributed by atoms with Crippen LogP contribution in [0.2, 0.25) is 0 Å². The van der Waals surface area contributed by atoms with Gasteiger partial charge in [0.25, 0.3) is 5.91 Å². The molecule has 7 heteroatoms. The third-order valence-corrected chi connectivity index (χ3v) is 5.91. The highest BCUT2D eigenvalue weighted by Gasteiger charge is 2.18. The molecule has 0 radical (unpaired) electrons. The molecule has 190 valence electrons. The van der Waals surface area contributed by atoms with Gasteiger partial charge in [-0.3, -0.25) is 4.79 Å². The lowest BCUT2D eigenvalue weighted by atomic mass is 9.87. The molecule has 1 N–H and O–H groups in total. The molecule has 0 aliphatic heterocycles.